The molecule has 1 N–H and O–H groups in total. The summed E-state index contributed by atoms with van der Waals surface area (Å²) in [5.74, 6) is 2.18. The molecule has 6 nitrogen and oxygen atoms in total. The van der Waals surface area contributed by atoms with E-state index in [1.807, 2.05) is 60.1 Å². The number of nitrogens with one attached hydrogen (secondary N) is 1. The number of carbonyl (C=O) groups is 1. The molecule has 0 saturated carbocycles. The van der Waals surface area contributed by atoms with Crippen molar-refractivity contribution in [3.05, 3.63) is 54.2 Å². The average Bonchev–Trinajstić information content (AvgIpc) is 3.04. The molecule has 1 amide bonds. The molecule has 27 heavy (non-hydrogen) atoms. The quantitative estimate of drug-likeness (QED) is 0.754. The molecule has 0 fully saturated rings. The zero-order chi connectivity index (χ0) is 18.8. The van der Waals surface area contributed by atoms with Gasteiger partial charge in [0.05, 0.1) is 12.6 Å². The number of rotatable bonds is 5. The second-order valence-corrected chi connectivity index (χ2v) is 6.56. The van der Waals surface area contributed by atoms with Crippen molar-refractivity contribution in [3.63, 3.8) is 0 Å². The van der Waals surface area contributed by atoms with E-state index < -0.39 is 0 Å². The lowest BCUT2D eigenvalue weighted by Crippen LogP contribution is -2.34. The van der Waals surface area contributed by atoms with Gasteiger partial charge in [-0.2, -0.15) is 0 Å². The Hall–Kier alpha value is -3.15. The van der Waals surface area contributed by atoms with Crippen LogP contribution in [0, 0.1) is 0 Å². The summed E-state index contributed by atoms with van der Waals surface area (Å²) in [6, 6.07) is 15.3. The van der Waals surface area contributed by atoms with Crippen LogP contribution in [0.1, 0.15) is 16.9 Å². The van der Waals surface area contributed by atoms with Gasteiger partial charge < -0.3 is 24.1 Å². The van der Waals surface area contributed by atoms with Crippen molar-refractivity contribution in [1.82, 2.24) is 9.88 Å². The lowest BCUT2D eigenvalue weighted by Gasteiger charge is -2.26. The van der Waals surface area contributed by atoms with E-state index in [1.54, 1.807) is 7.11 Å². The molecule has 1 atom stereocenters. The molecule has 2 aromatic carbocycles. The van der Waals surface area contributed by atoms with E-state index in [9.17, 15) is 4.79 Å². The number of nitrogens with zero attached hydrogens (tertiary/aromatic N) is 1. The summed E-state index contributed by atoms with van der Waals surface area (Å²) in [5.41, 5.74) is 1.57. The lowest BCUT2D eigenvalue weighted by molar-refractivity contribution is 0.0810. The molecule has 0 unspecified atom stereocenters. The monoisotopic (exact) mass is 366 g/mol. The van der Waals surface area contributed by atoms with Crippen molar-refractivity contribution in [2.75, 3.05) is 20.3 Å². The van der Waals surface area contributed by atoms with Crippen molar-refractivity contribution in [1.29, 1.82) is 0 Å². The zero-order valence-corrected chi connectivity index (χ0v) is 15.4. The molecule has 0 aliphatic carbocycles. The fourth-order valence-corrected chi connectivity index (χ4v) is 3.30. The van der Waals surface area contributed by atoms with E-state index in [0.717, 1.165) is 28.2 Å². The maximum absolute atomic E-state index is 12.6. The molecule has 140 valence electrons. The van der Waals surface area contributed by atoms with Crippen LogP contribution < -0.4 is 19.5 Å². The van der Waals surface area contributed by atoms with Gasteiger partial charge in [0.2, 0.25) is 0 Å². The van der Waals surface area contributed by atoms with E-state index >= 15 is 0 Å². The smallest absolute Gasteiger partial charge is 0.267 e. The average molecular weight is 366 g/mol. The van der Waals surface area contributed by atoms with Crippen molar-refractivity contribution in [3.8, 4) is 17.2 Å². The topological polar surface area (TPSA) is 61.7 Å². The third-order valence-corrected chi connectivity index (χ3v) is 4.80. The van der Waals surface area contributed by atoms with Crippen LogP contribution in [0.15, 0.2) is 48.5 Å². The summed E-state index contributed by atoms with van der Waals surface area (Å²) in [6.07, 6.45) is 0.606. The molecule has 2 heterocycles. The molecule has 0 radical (unpaired) electrons. The maximum atomic E-state index is 12.6. The van der Waals surface area contributed by atoms with E-state index in [2.05, 4.69) is 5.32 Å². The highest BCUT2D eigenvalue weighted by atomic mass is 16.6. The third-order valence-electron chi connectivity index (χ3n) is 4.80. The Morgan fingerprint density at radius 3 is 2.85 bits per heavy atom. The number of para-hydroxylation sites is 2. The second-order valence-electron chi connectivity index (χ2n) is 6.56. The van der Waals surface area contributed by atoms with E-state index in [0.29, 0.717) is 25.3 Å². The molecule has 0 spiro atoms. The Bertz CT molecular complexity index is 979. The van der Waals surface area contributed by atoms with Gasteiger partial charge in [0, 0.05) is 31.5 Å². The molecular formula is C21H22N2O4. The van der Waals surface area contributed by atoms with Crippen molar-refractivity contribution in [2.24, 2.45) is 7.05 Å². The summed E-state index contributed by atoms with van der Waals surface area (Å²) >= 11 is 0. The Kier molecular flexibility index (Phi) is 4.62. The summed E-state index contributed by atoms with van der Waals surface area (Å²) in [5, 5.41) is 3.98. The van der Waals surface area contributed by atoms with Gasteiger partial charge in [0.15, 0.2) is 11.5 Å². The predicted octanol–water partition coefficient (Wildman–Crippen LogP) is 3.15. The Balaban J connectivity index is 1.37. The van der Waals surface area contributed by atoms with Gasteiger partial charge in [-0.1, -0.05) is 12.1 Å². The number of ether oxygens (including phenoxy) is 3. The minimum absolute atomic E-state index is 0.0723. The molecule has 4 rings (SSSR count). The van der Waals surface area contributed by atoms with E-state index in [4.69, 9.17) is 14.2 Å². The Labute approximate surface area is 157 Å². The van der Waals surface area contributed by atoms with Crippen LogP contribution in [0.5, 0.6) is 17.2 Å². The zero-order valence-electron chi connectivity index (χ0n) is 15.4. The van der Waals surface area contributed by atoms with Gasteiger partial charge in [-0.05, 0) is 30.3 Å². The van der Waals surface area contributed by atoms with Crippen molar-refractivity contribution < 1.29 is 19.0 Å². The molecular weight excluding hydrogens is 344 g/mol. The minimum atomic E-state index is -0.107. The van der Waals surface area contributed by atoms with Crippen LogP contribution in [0.2, 0.25) is 0 Å². The highest BCUT2D eigenvalue weighted by Crippen LogP contribution is 2.31. The summed E-state index contributed by atoms with van der Waals surface area (Å²) in [4.78, 5) is 12.6. The number of fused-ring (bicyclic) bond motifs is 2. The molecule has 3 aromatic rings. The molecule has 1 aliphatic rings. The number of benzene rings is 2. The number of carbonyl (C=O) groups excluding carboxylic acids is 1. The number of amides is 1. The summed E-state index contributed by atoms with van der Waals surface area (Å²) in [6.45, 7) is 1.00. The van der Waals surface area contributed by atoms with E-state index in [1.165, 1.54) is 0 Å². The van der Waals surface area contributed by atoms with Crippen LogP contribution in [0.3, 0.4) is 0 Å². The van der Waals surface area contributed by atoms with Crippen LogP contribution in [-0.2, 0) is 7.05 Å². The SMILES string of the molecule is COc1ccc2cc(C(=O)NCC[C@H]3COc4ccccc4O3)n(C)c2c1. The van der Waals surface area contributed by atoms with Gasteiger partial charge >= 0.3 is 0 Å². The Morgan fingerprint density at radius 1 is 1.22 bits per heavy atom. The number of hydrogen-bond acceptors (Lipinski definition) is 4. The van der Waals surface area contributed by atoms with Gasteiger partial charge in [0.25, 0.3) is 5.91 Å². The largest absolute Gasteiger partial charge is 0.497 e. The van der Waals surface area contributed by atoms with Crippen molar-refractivity contribution >= 4 is 16.8 Å². The molecule has 1 aliphatic heterocycles. The van der Waals surface area contributed by atoms with Crippen LogP contribution >= 0.6 is 0 Å². The van der Waals surface area contributed by atoms with Gasteiger partial charge in [-0.3, -0.25) is 4.79 Å². The summed E-state index contributed by atoms with van der Waals surface area (Å²) in [7, 11) is 3.51. The first-order valence-corrected chi connectivity index (χ1v) is 8.96. The number of aryl methyl sites for hydroxylation is 1. The summed E-state index contributed by atoms with van der Waals surface area (Å²) < 4.78 is 18.8. The minimum Gasteiger partial charge on any atom is -0.497 e. The predicted molar refractivity (Wildman–Crippen MR) is 103 cm³/mol. The molecule has 1 aromatic heterocycles. The number of methoxy groups -OCH3 is 1. The first kappa shape index (κ1) is 17.3. The highest BCUT2D eigenvalue weighted by Gasteiger charge is 2.21. The first-order chi connectivity index (χ1) is 13.2. The lowest BCUT2D eigenvalue weighted by atomic mass is 10.2. The first-order valence-electron chi connectivity index (χ1n) is 8.96. The number of hydrogen-bond donors (Lipinski definition) is 1. The van der Waals surface area contributed by atoms with Crippen LogP contribution in [0.25, 0.3) is 10.9 Å². The van der Waals surface area contributed by atoms with Gasteiger partial charge in [-0.15, -0.1) is 0 Å². The standard InChI is InChI=1S/C21H22N2O4/c1-23-17-12-15(25-2)8-7-14(17)11-18(23)21(24)22-10-9-16-13-26-19-5-3-4-6-20(19)27-16/h3-8,11-12,16H,9-10,13H2,1-2H3,(H,22,24)/t16-/m0/s1. The Morgan fingerprint density at radius 2 is 2.04 bits per heavy atom. The van der Waals surface area contributed by atoms with E-state index in [-0.39, 0.29) is 12.0 Å². The molecule has 0 bridgehead atoms. The normalized spacial score (nSPS) is 15.6. The fourth-order valence-electron chi connectivity index (χ4n) is 3.30. The maximum Gasteiger partial charge on any atom is 0.267 e. The molecule has 0 saturated heterocycles. The fraction of sp³-hybridized carbons (Fsp3) is 0.286. The van der Waals surface area contributed by atoms with Crippen molar-refractivity contribution in [2.45, 2.75) is 12.5 Å². The van der Waals surface area contributed by atoms with Crippen LogP contribution in [-0.4, -0.2) is 36.8 Å². The third kappa shape index (κ3) is 3.43. The number of aromatic nitrogens is 1. The van der Waals surface area contributed by atoms with Gasteiger partial charge in [-0.25, -0.2) is 0 Å². The highest BCUT2D eigenvalue weighted by molar-refractivity contribution is 5.99. The molecule has 6 heteroatoms. The van der Waals surface area contributed by atoms with Crippen LogP contribution in [0.4, 0.5) is 0 Å². The second kappa shape index (κ2) is 7.23. The van der Waals surface area contributed by atoms with Gasteiger partial charge in [0.1, 0.15) is 24.2 Å².